The van der Waals surface area contributed by atoms with Crippen LogP contribution in [0.3, 0.4) is 0 Å². The molecule has 0 fully saturated rings. The van der Waals surface area contributed by atoms with Crippen molar-refractivity contribution in [1.29, 1.82) is 0 Å². The highest BCUT2D eigenvalue weighted by molar-refractivity contribution is 7.02. The lowest BCUT2D eigenvalue weighted by molar-refractivity contribution is 0.590. The maximum absolute atomic E-state index is 3.93. The summed E-state index contributed by atoms with van der Waals surface area (Å²) in [6, 6.07) is 14.6. The van der Waals surface area contributed by atoms with Crippen molar-refractivity contribution in [3.63, 3.8) is 0 Å². The van der Waals surface area contributed by atoms with Crippen molar-refractivity contribution in [2.75, 3.05) is 29.2 Å². The van der Waals surface area contributed by atoms with E-state index in [0.717, 1.165) is 0 Å². The summed E-state index contributed by atoms with van der Waals surface area (Å²) in [4.78, 5) is 4.90. The Morgan fingerprint density at radius 1 is 0.500 bits per heavy atom. The Morgan fingerprint density at radius 3 is 1.14 bits per heavy atom. The summed E-state index contributed by atoms with van der Waals surface area (Å²) in [6.07, 6.45) is 0. The van der Waals surface area contributed by atoms with Crippen molar-refractivity contribution in [3.8, 4) is 0 Å². The molecule has 3 aliphatic heterocycles. The molecule has 3 aliphatic rings. The van der Waals surface area contributed by atoms with Crippen LogP contribution < -0.4 is 31.5 Å². The third-order valence-corrected chi connectivity index (χ3v) is 8.63. The predicted molar refractivity (Wildman–Crippen MR) is 159 cm³/mol. The molecule has 0 radical (unpaired) electrons. The highest BCUT2D eigenvalue weighted by Crippen LogP contribution is 2.45. The van der Waals surface area contributed by atoms with Crippen LogP contribution in [0.1, 0.15) is 79.0 Å². The van der Waals surface area contributed by atoms with Gasteiger partial charge in [0.2, 0.25) is 0 Å². The minimum atomic E-state index is 0.0677. The molecule has 3 aromatic carbocycles. The summed E-state index contributed by atoms with van der Waals surface area (Å²) >= 11 is 0. The number of hydrogen-bond donors (Lipinski definition) is 1. The average Bonchev–Trinajstić information content (AvgIpc) is 2.76. The first kappa shape index (κ1) is 23.5. The molecule has 3 heterocycles. The molecule has 186 valence electrons. The fourth-order valence-electron chi connectivity index (χ4n) is 6.25. The van der Waals surface area contributed by atoms with Gasteiger partial charge in [-0.25, -0.2) is 0 Å². The number of benzene rings is 3. The molecule has 0 unspecified atom stereocenters. The maximum atomic E-state index is 3.93. The second kappa shape index (κ2) is 6.91. The Bertz CT molecular complexity index is 1350. The molecule has 3 aromatic rings. The van der Waals surface area contributed by atoms with Gasteiger partial charge in [-0.2, -0.15) is 0 Å². The summed E-state index contributed by atoms with van der Waals surface area (Å²) in [5.41, 5.74) is 16.5. The van der Waals surface area contributed by atoms with E-state index in [1.807, 2.05) is 0 Å². The molecule has 0 aliphatic carbocycles. The normalized spacial score (nSPS) is 15.7. The lowest BCUT2D eigenvalue weighted by Gasteiger charge is -2.47. The molecule has 3 nitrogen and oxygen atoms in total. The molecule has 0 saturated carbocycles. The van der Waals surface area contributed by atoms with Gasteiger partial charge >= 0.3 is 0 Å². The van der Waals surface area contributed by atoms with Gasteiger partial charge in [0, 0.05) is 48.2 Å². The molecule has 0 saturated heterocycles. The Kier molecular flexibility index (Phi) is 4.51. The molecular formula is C32H40BN3. The van der Waals surface area contributed by atoms with Crippen molar-refractivity contribution in [3.05, 3.63) is 53.1 Å². The summed E-state index contributed by atoms with van der Waals surface area (Å²) < 4.78 is 0. The Hall–Kier alpha value is -2.88. The third-order valence-electron chi connectivity index (χ3n) is 8.63. The Morgan fingerprint density at radius 2 is 0.806 bits per heavy atom. The molecule has 0 aromatic heterocycles. The van der Waals surface area contributed by atoms with Crippen molar-refractivity contribution in [1.82, 2.24) is 0 Å². The standard InChI is InChI=1S/C32H40BN3/c1-30(2,3)18-12-21-27-23(14-18)35(10)25-16-20(32(7,8)9)17-26-29(25)33(27)28-22(34-21)13-19(31(4,5)6)15-24(28)36(26)11/h12-17,34H,1-11H3. The molecule has 0 amide bonds. The van der Waals surface area contributed by atoms with Crippen molar-refractivity contribution in [2.24, 2.45) is 0 Å². The number of nitrogens with zero attached hydrogens (tertiary/aromatic N) is 2. The zero-order chi connectivity index (χ0) is 26.1. The van der Waals surface area contributed by atoms with Crippen LogP contribution in [0.4, 0.5) is 34.1 Å². The van der Waals surface area contributed by atoms with Gasteiger partial charge in [0.25, 0.3) is 6.71 Å². The second-order valence-corrected chi connectivity index (χ2v) is 14.3. The highest BCUT2D eigenvalue weighted by Gasteiger charge is 2.47. The third kappa shape index (κ3) is 3.12. The van der Waals surface area contributed by atoms with Crippen LogP contribution in [0.5, 0.6) is 0 Å². The quantitative estimate of drug-likeness (QED) is 0.299. The van der Waals surface area contributed by atoms with Crippen molar-refractivity contribution in [2.45, 2.75) is 78.6 Å². The van der Waals surface area contributed by atoms with Gasteiger partial charge in [0.05, 0.1) is 0 Å². The van der Waals surface area contributed by atoms with Crippen LogP contribution in [-0.2, 0) is 16.2 Å². The van der Waals surface area contributed by atoms with Crippen LogP contribution in [0.15, 0.2) is 36.4 Å². The van der Waals surface area contributed by atoms with Crippen LogP contribution in [0.2, 0.25) is 0 Å². The Labute approximate surface area is 218 Å². The van der Waals surface area contributed by atoms with Crippen molar-refractivity contribution >= 4 is 57.2 Å². The first-order chi connectivity index (χ1) is 16.6. The summed E-state index contributed by atoms with van der Waals surface area (Å²) in [5, 5.41) is 3.93. The van der Waals surface area contributed by atoms with Gasteiger partial charge in [0.1, 0.15) is 0 Å². The van der Waals surface area contributed by atoms with E-state index in [2.05, 4.69) is 128 Å². The SMILES string of the molecule is CN1c2cc(C(C)(C)C)cc3c2B2c4c(cc(C(C)(C)C)cc4N(C)c4cc(C(C)(C)C)cc1c42)N3. The molecular weight excluding hydrogens is 437 g/mol. The monoisotopic (exact) mass is 477 g/mol. The molecule has 36 heavy (non-hydrogen) atoms. The van der Waals surface area contributed by atoms with E-state index in [-0.39, 0.29) is 23.0 Å². The number of rotatable bonds is 0. The van der Waals surface area contributed by atoms with Crippen molar-refractivity contribution < 1.29 is 0 Å². The van der Waals surface area contributed by atoms with Crippen LogP contribution in [-0.4, -0.2) is 20.8 Å². The fourth-order valence-corrected chi connectivity index (χ4v) is 6.25. The predicted octanol–water partition coefficient (Wildman–Crippen LogP) is 6.31. The van der Waals surface area contributed by atoms with E-state index in [1.54, 1.807) is 0 Å². The van der Waals surface area contributed by atoms with Gasteiger partial charge in [-0.3, -0.25) is 0 Å². The van der Waals surface area contributed by atoms with E-state index in [9.17, 15) is 0 Å². The van der Waals surface area contributed by atoms with Crippen LogP contribution in [0.25, 0.3) is 0 Å². The van der Waals surface area contributed by atoms with E-state index in [0.29, 0.717) is 0 Å². The lowest BCUT2D eigenvalue weighted by Crippen LogP contribution is -2.64. The summed E-state index contributed by atoms with van der Waals surface area (Å²) in [5.74, 6) is 0. The van der Waals surface area contributed by atoms with E-state index < -0.39 is 0 Å². The molecule has 1 N–H and O–H groups in total. The topological polar surface area (TPSA) is 18.5 Å². The van der Waals surface area contributed by atoms with E-state index >= 15 is 0 Å². The second-order valence-electron chi connectivity index (χ2n) is 14.3. The highest BCUT2D eigenvalue weighted by atomic mass is 15.2. The summed E-state index contributed by atoms with van der Waals surface area (Å²) in [6.45, 7) is 21.1. The Balaban J connectivity index is 1.75. The minimum absolute atomic E-state index is 0.0677. The smallest absolute Gasteiger partial charge is 0.257 e. The number of nitrogens with one attached hydrogen (secondary N) is 1. The molecule has 0 atom stereocenters. The van der Waals surface area contributed by atoms with E-state index in [1.165, 1.54) is 67.2 Å². The molecule has 6 rings (SSSR count). The fraction of sp³-hybridized carbons (Fsp3) is 0.438. The van der Waals surface area contributed by atoms with Gasteiger partial charge in [0.15, 0.2) is 0 Å². The molecule has 0 bridgehead atoms. The maximum Gasteiger partial charge on any atom is 0.257 e. The zero-order valence-corrected chi connectivity index (χ0v) is 23.9. The van der Waals surface area contributed by atoms with Gasteiger partial charge < -0.3 is 15.1 Å². The first-order valence-electron chi connectivity index (χ1n) is 13.4. The first-order valence-corrected chi connectivity index (χ1v) is 13.4. The number of anilines is 6. The lowest BCUT2D eigenvalue weighted by atomic mass is 9.32. The van der Waals surface area contributed by atoms with Gasteiger partial charge in [-0.05, 0) is 85.7 Å². The largest absolute Gasteiger partial charge is 0.356 e. The zero-order valence-electron chi connectivity index (χ0n) is 23.9. The summed E-state index contributed by atoms with van der Waals surface area (Å²) in [7, 11) is 4.52. The average molecular weight is 478 g/mol. The molecule has 4 heteroatoms. The number of hydrogen-bond acceptors (Lipinski definition) is 3. The van der Waals surface area contributed by atoms with E-state index in [4.69, 9.17) is 0 Å². The van der Waals surface area contributed by atoms with Gasteiger partial charge in [-0.15, -0.1) is 0 Å². The van der Waals surface area contributed by atoms with Crippen LogP contribution in [0, 0.1) is 0 Å². The van der Waals surface area contributed by atoms with Crippen LogP contribution >= 0.6 is 0 Å². The van der Waals surface area contributed by atoms with Gasteiger partial charge in [-0.1, -0.05) is 62.3 Å². The molecule has 0 spiro atoms. The minimum Gasteiger partial charge on any atom is -0.356 e.